The smallest absolute Gasteiger partial charge is 0.322 e. The average molecular weight is 322 g/mol. The molecule has 0 unspecified atom stereocenters. The largest absolute Gasteiger partial charge is 0.338 e. The maximum atomic E-state index is 12.7. The molecule has 0 bridgehead atoms. The molecule has 3 rings (SSSR count). The van der Waals surface area contributed by atoms with E-state index in [0.717, 1.165) is 12.1 Å². The fourth-order valence-electron chi connectivity index (χ4n) is 4.18. The van der Waals surface area contributed by atoms with Crippen molar-refractivity contribution in [1.82, 2.24) is 5.32 Å². The van der Waals surface area contributed by atoms with E-state index in [4.69, 9.17) is 0 Å². The van der Waals surface area contributed by atoms with Crippen LogP contribution in [0, 0.1) is 0 Å². The number of hydrogen-bond donors (Lipinski definition) is 1. The molecule has 1 N–H and O–H groups in total. The quantitative estimate of drug-likeness (QED) is 0.853. The molecular formula is C21H26N2O. The number of fused-ring (bicyclic) bond motifs is 1. The van der Waals surface area contributed by atoms with Gasteiger partial charge < -0.3 is 5.32 Å². The molecule has 126 valence electrons. The fraction of sp³-hybridized carbons (Fsp3) is 0.381. The predicted octanol–water partition coefficient (Wildman–Crippen LogP) is 4.71. The van der Waals surface area contributed by atoms with Gasteiger partial charge in [-0.15, -0.1) is 0 Å². The van der Waals surface area contributed by atoms with Crippen molar-refractivity contribution in [3.8, 4) is 0 Å². The van der Waals surface area contributed by atoms with Crippen LogP contribution in [-0.2, 0) is 5.41 Å². The molecule has 3 heteroatoms. The highest BCUT2D eigenvalue weighted by atomic mass is 16.2. The van der Waals surface area contributed by atoms with Gasteiger partial charge in [0.25, 0.3) is 0 Å². The summed E-state index contributed by atoms with van der Waals surface area (Å²) in [6, 6.07) is 18.9. The van der Waals surface area contributed by atoms with Crippen LogP contribution in [0.4, 0.5) is 10.5 Å². The second-order valence-electron chi connectivity index (χ2n) is 7.38. The Labute approximate surface area is 144 Å². The highest BCUT2D eigenvalue weighted by Gasteiger charge is 2.47. The Morgan fingerprint density at radius 2 is 1.67 bits per heavy atom. The fourth-order valence-corrected chi connectivity index (χ4v) is 4.18. The Morgan fingerprint density at radius 3 is 2.33 bits per heavy atom. The summed E-state index contributed by atoms with van der Waals surface area (Å²) in [6.07, 6.45) is 0.873. The lowest BCUT2D eigenvalue weighted by Gasteiger charge is -2.51. The van der Waals surface area contributed by atoms with E-state index in [1.807, 2.05) is 24.0 Å². The molecule has 1 heterocycles. The Morgan fingerprint density at radius 1 is 1.04 bits per heavy atom. The van der Waals surface area contributed by atoms with Crippen molar-refractivity contribution in [2.45, 2.75) is 45.1 Å². The maximum Gasteiger partial charge on any atom is 0.322 e. The molecular weight excluding hydrogens is 296 g/mol. The molecule has 0 fully saturated rings. The first-order valence-electron chi connectivity index (χ1n) is 8.63. The Kier molecular flexibility index (Phi) is 4.12. The summed E-state index contributed by atoms with van der Waals surface area (Å²) in [6.45, 7) is 9.18. The SMILES string of the molecule is CCNC(=O)N1c2ccccc2[C@](C)(c2ccccc2)CC1(C)C. The van der Waals surface area contributed by atoms with Gasteiger partial charge in [-0.3, -0.25) is 4.90 Å². The molecule has 24 heavy (non-hydrogen) atoms. The number of para-hydroxylation sites is 1. The number of nitrogens with zero attached hydrogens (tertiary/aromatic N) is 1. The van der Waals surface area contributed by atoms with Crippen molar-refractivity contribution in [2.75, 3.05) is 11.4 Å². The number of rotatable bonds is 2. The molecule has 1 atom stereocenters. The number of nitrogens with one attached hydrogen (secondary N) is 1. The second kappa shape index (κ2) is 5.97. The minimum atomic E-state index is -0.280. The highest BCUT2D eigenvalue weighted by molar-refractivity contribution is 5.95. The van der Waals surface area contributed by atoms with Crippen molar-refractivity contribution in [3.63, 3.8) is 0 Å². The van der Waals surface area contributed by atoms with Crippen LogP contribution in [0.3, 0.4) is 0 Å². The summed E-state index contributed by atoms with van der Waals surface area (Å²) in [5.74, 6) is 0. The van der Waals surface area contributed by atoms with Gasteiger partial charge in [-0.05, 0) is 44.4 Å². The molecule has 1 aliphatic rings. The molecule has 2 amide bonds. The van der Waals surface area contributed by atoms with Crippen LogP contribution in [0.2, 0.25) is 0 Å². The first kappa shape index (κ1) is 16.6. The summed E-state index contributed by atoms with van der Waals surface area (Å²) in [5, 5.41) is 2.97. The monoisotopic (exact) mass is 322 g/mol. The van der Waals surface area contributed by atoms with Gasteiger partial charge in [-0.2, -0.15) is 0 Å². The van der Waals surface area contributed by atoms with Gasteiger partial charge in [0, 0.05) is 17.5 Å². The van der Waals surface area contributed by atoms with Crippen LogP contribution in [0.1, 0.15) is 45.2 Å². The van der Waals surface area contributed by atoms with E-state index >= 15 is 0 Å². The molecule has 3 nitrogen and oxygen atoms in total. The zero-order valence-electron chi connectivity index (χ0n) is 15.0. The molecule has 0 saturated carbocycles. The third kappa shape index (κ3) is 2.58. The number of carbonyl (C=O) groups excluding carboxylic acids is 1. The van der Waals surface area contributed by atoms with Crippen LogP contribution in [0.25, 0.3) is 0 Å². The molecule has 2 aromatic rings. The van der Waals surface area contributed by atoms with E-state index in [2.05, 4.69) is 68.6 Å². The summed E-state index contributed by atoms with van der Waals surface area (Å²) in [4.78, 5) is 14.7. The van der Waals surface area contributed by atoms with Gasteiger partial charge in [-0.25, -0.2) is 4.79 Å². The Bertz CT molecular complexity index is 739. The maximum absolute atomic E-state index is 12.7. The predicted molar refractivity (Wildman–Crippen MR) is 99.6 cm³/mol. The summed E-state index contributed by atoms with van der Waals surface area (Å²) in [7, 11) is 0. The molecule has 0 saturated heterocycles. The third-order valence-corrected chi connectivity index (χ3v) is 5.07. The number of urea groups is 1. The zero-order chi connectivity index (χ0) is 17.4. The van der Waals surface area contributed by atoms with Crippen LogP contribution >= 0.6 is 0 Å². The number of amides is 2. The average Bonchev–Trinajstić information content (AvgIpc) is 2.55. The van der Waals surface area contributed by atoms with E-state index in [1.165, 1.54) is 11.1 Å². The van der Waals surface area contributed by atoms with E-state index in [-0.39, 0.29) is 17.0 Å². The van der Waals surface area contributed by atoms with Crippen molar-refractivity contribution in [1.29, 1.82) is 0 Å². The van der Waals surface area contributed by atoms with Gasteiger partial charge in [0.15, 0.2) is 0 Å². The van der Waals surface area contributed by atoms with Gasteiger partial charge in [-0.1, -0.05) is 55.5 Å². The topological polar surface area (TPSA) is 32.3 Å². The number of benzene rings is 2. The number of anilines is 1. The molecule has 0 spiro atoms. The normalized spacial score (nSPS) is 21.9. The van der Waals surface area contributed by atoms with Gasteiger partial charge >= 0.3 is 6.03 Å². The van der Waals surface area contributed by atoms with Crippen molar-refractivity contribution in [3.05, 3.63) is 65.7 Å². The first-order valence-corrected chi connectivity index (χ1v) is 8.63. The van der Waals surface area contributed by atoms with Crippen molar-refractivity contribution >= 4 is 11.7 Å². The van der Waals surface area contributed by atoms with E-state index in [9.17, 15) is 4.79 Å². The second-order valence-corrected chi connectivity index (χ2v) is 7.38. The summed E-state index contributed by atoms with van der Waals surface area (Å²) >= 11 is 0. The molecule has 2 aromatic carbocycles. The third-order valence-electron chi connectivity index (χ3n) is 5.07. The number of carbonyl (C=O) groups is 1. The Hall–Kier alpha value is -2.29. The minimum Gasteiger partial charge on any atom is -0.338 e. The standard InChI is InChI=1S/C21H26N2O/c1-5-22-19(24)23-18-14-10-9-13-17(18)21(4,15-20(23,2)3)16-11-7-6-8-12-16/h6-14H,5,15H2,1-4H3,(H,22,24)/t21-/m0/s1. The lowest BCUT2D eigenvalue weighted by atomic mass is 9.65. The molecule has 0 aromatic heterocycles. The minimum absolute atomic E-state index is 0.0231. The first-order chi connectivity index (χ1) is 11.4. The van der Waals surface area contributed by atoms with Crippen molar-refractivity contribution < 1.29 is 4.79 Å². The van der Waals surface area contributed by atoms with Crippen LogP contribution in [0.15, 0.2) is 54.6 Å². The van der Waals surface area contributed by atoms with Gasteiger partial charge in [0.2, 0.25) is 0 Å². The van der Waals surface area contributed by atoms with Crippen LogP contribution in [-0.4, -0.2) is 18.1 Å². The Balaban J connectivity index is 2.19. The summed E-state index contributed by atoms with van der Waals surface area (Å²) < 4.78 is 0. The molecule has 0 radical (unpaired) electrons. The van der Waals surface area contributed by atoms with E-state index in [0.29, 0.717) is 6.54 Å². The van der Waals surface area contributed by atoms with Crippen molar-refractivity contribution in [2.24, 2.45) is 0 Å². The highest BCUT2D eigenvalue weighted by Crippen LogP contribution is 2.50. The molecule has 0 aliphatic carbocycles. The molecule has 1 aliphatic heterocycles. The van der Waals surface area contributed by atoms with Crippen LogP contribution < -0.4 is 10.2 Å². The van der Waals surface area contributed by atoms with E-state index < -0.39 is 0 Å². The summed E-state index contributed by atoms with van der Waals surface area (Å²) in [5.41, 5.74) is 3.11. The number of hydrogen-bond acceptors (Lipinski definition) is 1. The lowest BCUT2D eigenvalue weighted by Crippen LogP contribution is -2.58. The van der Waals surface area contributed by atoms with E-state index in [1.54, 1.807) is 0 Å². The van der Waals surface area contributed by atoms with Crippen LogP contribution in [0.5, 0.6) is 0 Å². The van der Waals surface area contributed by atoms with Gasteiger partial charge in [0.05, 0.1) is 5.69 Å². The zero-order valence-corrected chi connectivity index (χ0v) is 15.0. The van der Waals surface area contributed by atoms with Gasteiger partial charge in [0.1, 0.15) is 0 Å². The lowest BCUT2D eigenvalue weighted by molar-refractivity contribution is 0.233.